The summed E-state index contributed by atoms with van der Waals surface area (Å²) < 4.78 is 6.60. The Hall–Kier alpha value is -4.48. The SMILES string of the molecule is Nc1nn(-c2cc(Cl)c(Oc3cc(-c4ccc5ncccc5c4)c(=O)[nH]n3)c(Cl)c2)c(=O)[nH]c1=O. The molecule has 5 rings (SSSR count). The van der Waals surface area contributed by atoms with Crippen molar-refractivity contribution in [2.24, 2.45) is 0 Å². The van der Waals surface area contributed by atoms with Crippen LogP contribution in [-0.2, 0) is 0 Å². The van der Waals surface area contributed by atoms with Gasteiger partial charge in [0.25, 0.3) is 11.1 Å². The maximum atomic E-state index is 12.5. The number of H-pyrrole nitrogens is 2. The summed E-state index contributed by atoms with van der Waals surface area (Å²) in [7, 11) is 0. The van der Waals surface area contributed by atoms with Gasteiger partial charge in [-0.25, -0.2) is 9.89 Å². The molecule has 11 nitrogen and oxygen atoms in total. The summed E-state index contributed by atoms with van der Waals surface area (Å²) in [5.41, 5.74) is 5.29. The van der Waals surface area contributed by atoms with Gasteiger partial charge in [-0.15, -0.1) is 10.2 Å². The molecule has 0 saturated heterocycles. The van der Waals surface area contributed by atoms with E-state index in [4.69, 9.17) is 33.7 Å². The smallest absolute Gasteiger partial charge is 0.349 e. The van der Waals surface area contributed by atoms with Gasteiger partial charge in [0.15, 0.2) is 5.75 Å². The Bertz CT molecular complexity index is 1770. The second-order valence-corrected chi connectivity index (χ2v) is 8.07. The van der Waals surface area contributed by atoms with Crippen molar-refractivity contribution in [1.82, 2.24) is 29.9 Å². The summed E-state index contributed by atoms with van der Waals surface area (Å²) in [5, 5.41) is 10.9. The fourth-order valence-corrected chi connectivity index (χ4v) is 3.91. The first-order chi connectivity index (χ1) is 16.8. The Morgan fingerprint density at radius 3 is 2.51 bits per heavy atom. The molecule has 0 aliphatic rings. The third-order valence-corrected chi connectivity index (χ3v) is 5.54. The lowest BCUT2D eigenvalue weighted by molar-refractivity contribution is 0.455. The first-order valence-electron chi connectivity index (χ1n) is 9.91. The predicted molar refractivity (Wildman–Crippen MR) is 131 cm³/mol. The quantitative estimate of drug-likeness (QED) is 0.333. The van der Waals surface area contributed by atoms with E-state index in [-0.39, 0.29) is 27.4 Å². The van der Waals surface area contributed by atoms with Gasteiger partial charge in [-0.1, -0.05) is 35.3 Å². The highest BCUT2D eigenvalue weighted by molar-refractivity contribution is 6.37. The Labute approximate surface area is 204 Å². The van der Waals surface area contributed by atoms with E-state index in [1.165, 1.54) is 18.2 Å². The summed E-state index contributed by atoms with van der Waals surface area (Å²) in [4.78, 5) is 42.3. The molecule has 0 saturated carbocycles. The number of fused-ring (bicyclic) bond motifs is 1. The van der Waals surface area contributed by atoms with E-state index >= 15 is 0 Å². The van der Waals surface area contributed by atoms with Gasteiger partial charge in [-0.2, -0.15) is 4.68 Å². The molecule has 0 unspecified atom stereocenters. The average Bonchev–Trinajstić information content (AvgIpc) is 2.84. The number of hydrogen-bond donors (Lipinski definition) is 3. The van der Waals surface area contributed by atoms with E-state index in [0.29, 0.717) is 11.1 Å². The summed E-state index contributed by atoms with van der Waals surface area (Å²) in [6.45, 7) is 0. The van der Waals surface area contributed by atoms with E-state index < -0.39 is 22.6 Å². The van der Waals surface area contributed by atoms with E-state index in [0.717, 1.165) is 15.6 Å². The lowest BCUT2D eigenvalue weighted by atomic mass is 10.1. The van der Waals surface area contributed by atoms with Crippen LogP contribution in [0.1, 0.15) is 0 Å². The molecule has 0 aliphatic heterocycles. The molecule has 0 fully saturated rings. The van der Waals surface area contributed by atoms with Gasteiger partial charge in [-0.3, -0.25) is 19.6 Å². The molecular weight excluding hydrogens is 497 g/mol. The van der Waals surface area contributed by atoms with Crippen LogP contribution < -0.4 is 27.3 Å². The van der Waals surface area contributed by atoms with E-state index in [1.54, 1.807) is 24.4 Å². The standard InChI is InChI=1S/C22H13Cl2N7O4/c23-14-7-12(31-22(34)27-21(33)19(25)30-31)8-15(24)18(14)35-17-9-13(20(32)29-28-17)10-3-4-16-11(6-10)2-1-5-26-16/h1-9H,(H2,25,30)(H,29,32)(H,27,33,34). The first-order valence-corrected chi connectivity index (χ1v) is 10.7. The number of anilines is 1. The number of hydrogen-bond acceptors (Lipinski definition) is 8. The number of aromatic nitrogens is 6. The highest BCUT2D eigenvalue weighted by Gasteiger charge is 2.16. The molecule has 0 atom stereocenters. The lowest BCUT2D eigenvalue weighted by Gasteiger charge is -2.12. The zero-order valence-electron chi connectivity index (χ0n) is 17.5. The van der Waals surface area contributed by atoms with Crippen LogP contribution in [0.3, 0.4) is 0 Å². The van der Waals surface area contributed by atoms with Crippen molar-refractivity contribution in [2.75, 3.05) is 5.73 Å². The van der Waals surface area contributed by atoms with Crippen molar-refractivity contribution in [1.29, 1.82) is 0 Å². The van der Waals surface area contributed by atoms with Crippen LogP contribution in [0, 0.1) is 0 Å². The highest BCUT2D eigenvalue weighted by Crippen LogP contribution is 2.38. The van der Waals surface area contributed by atoms with Crippen LogP contribution in [0.25, 0.3) is 27.7 Å². The third-order valence-electron chi connectivity index (χ3n) is 4.98. The van der Waals surface area contributed by atoms with Gasteiger partial charge >= 0.3 is 5.69 Å². The molecule has 0 aliphatic carbocycles. The van der Waals surface area contributed by atoms with Crippen LogP contribution in [0.15, 0.2) is 69.1 Å². The molecule has 35 heavy (non-hydrogen) atoms. The summed E-state index contributed by atoms with van der Waals surface area (Å²) in [6, 6.07) is 13.2. The minimum atomic E-state index is -0.831. The number of rotatable bonds is 4. The minimum Gasteiger partial charge on any atom is -0.434 e. The Kier molecular flexibility index (Phi) is 5.55. The van der Waals surface area contributed by atoms with Crippen molar-refractivity contribution >= 4 is 39.9 Å². The van der Waals surface area contributed by atoms with E-state index in [2.05, 4.69) is 20.3 Å². The van der Waals surface area contributed by atoms with Crippen LogP contribution in [0.2, 0.25) is 10.0 Å². The molecule has 0 radical (unpaired) electrons. The van der Waals surface area contributed by atoms with Crippen LogP contribution >= 0.6 is 23.2 Å². The topological polar surface area (TPSA) is 162 Å². The molecular formula is C22H13Cl2N7O4. The fourth-order valence-electron chi connectivity index (χ4n) is 3.36. The minimum absolute atomic E-state index is 0.0114. The second kappa shape index (κ2) is 8.70. The van der Waals surface area contributed by atoms with Crippen molar-refractivity contribution in [3.05, 3.63) is 96.0 Å². The summed E-state index contributed by atoms with van der Waals surface area (Å²) in [6.07, 6.45) is 1.68. The average molecular weight is 510 g/mol. The first kappa shape index (κ1) is 22.3. The molecule has 13 heteroatoms. The number of pyridine rings is 1. The van der Waals surface area contributed by atoms with Gasteiger partial charge in [0.05, 0.1) is 26.8 Å². The molecule has 0 spiro atoms. The van der Waals surface area contributed by atoms with Gasteiger partial charge in [0.2, 0.25) is 11.7 Å². The zero-order valence-corrected chi connectivity index (χ0v) is 19.0. The number of benzene rings is 2. The van der Waals surface area contributed by atoms with Gasteiger partial charge < -0.3 is 10.5 Å². The number of aromatic amines is 2. The maximum Gasteiger partial charge on any atom is 0.349 e. The van der Waals surface area contributed by atoms with Crippen molar-refractivity contribution in [2.45, 2.75) is 0 Å². The maximum absolute atomic E-state index is 12.5. The van der Waals surface area contributed by atoms with Crippen molar-refractivity contribution < 1.29 is 4.74 Å². The number of nitrogens with two attached hydrogens (primary N) is 1. The number of nitrogens with one attached hydrogen (secondary N) is 2. The molecule has 3 heterocycles. The Balaban J connectivity index is 1.52. The molecule has 4 N–H and O–H groups in total. The fraction of sp³-hybridized carbons (Fsp3) is 0. The van der Waals surface area contributed by atoms with E-state index in [9.17, 15) is 14.4 Å². The predicted octanol–water partition coefficient (Wildman–Crippen LogP) is 2.90. The molecule has 0 amide bonds. The summed E-state index contributed by atoms with van der Waals surface area (Å²) in [5.74, 6) is -0.367. The molecule has 2 aromatic carbocycles. The highest BCUT2D eigenvalue weighted by atomic mass is 35.5. The van der Waals surface area contributed by atoms with Crippen LogP contribution in [0.4, 0.5) is 5.82 Å². The largest absolute Gasteiger partial charge is 0.434 e. The van der Waals surface area contributed by atoms with Crippen molar-refractivity contribution in [3.8, 4) is 28.4 Å². The number of nitrogens with zero attached hydrogens (tertiary/aromatic N) is 4. The molecule has 0 bridgehead atoms. The summed E-state index contributed by atoms with van der Waals surface area (Å²) >= 11 is 12.7. The zero-order chi connectivity index (χ0) is 24.7. The van der Waals surface area contributed by atoms with Crippen molar-refractivity contribution in [3.63, 3.8) is 0 Å². The van der Waals surface area contributed by atoms with Gasteiger partial charge in [-0.05, 0) is 35.9 Å². The Morgan fingerprint density at radius 2 is 1.74 bits per heavy atom. The Morgan fingerprint density at radius 1 is 0.971 bits per heavy atom. The molecule has 3 aromatic heterocycles. The number of nitrogen functional groups attached to an aromatic ring is 1. The second-order valence-electron chi connectivity index (χ2n) is 7.26. The van der Waals surface area contributed by atoms with Gasteiger partial charge in [0.1, 0.15) is 0 Å². The van der Waals surface area contributed by atoms with E-state index in [1.807, 2.05) is 17.1 Å². The van der Waals surface area contributed by atoms with Crippen LogP contribution in [0.5, 0.6) is 11.6 Å². The number of ether oxygens (including phenoxy) is 1. The molecule has 174 valence electrons. The number of halogens is 2. The third kappa shape index (κ3) is 4.25. The lowest BCUT2D eigenvalue weighted by Crippen LogP contribution is -2.33. The van der Waals surface area contributed by atoms with Gasteiger partial charge in [0, 0.05) is 17.6 Å². The normalized spacial score (nSPS) is 11.0. The monoisotopic (exact) mass is 509 g/mol. The molecule has 5 aromatic rings. The van der Waals surface area contributed by atoms with Crippen LogP contribution in [-0.4, -0.2) is 29.9 Å².